The van der Waals surface area contributed by atoms with Crippen LogP contribution < -0.4 is 5.73 Å². The standard InChI is InChI=1S/C14H18ClNO3S/c15-11-7-10(1-2-12(11)16)20-8-14(19)5-3-9(4-6-14)13(17)18/h1-2,7,9,19H,3-6,8,16H2,(H,17,18). The highest BCUT2D eigenvalue weighted by Crippen LogP contribution is 2.37. The summed E-state index contributed by atoms with van der Waals surface area (Å²) < 4.78 is 0. The lowest BCUT2D eigenvalue weighted by molar-refractivity contribution is -0.144. The van der Waals surface area contributed by atoms with E-state index in [9.17, 15) is 9.90 Å². The van der Waals surface area contributed by atoms with E-state index >= 15 is 0 Å². The number of anilines is 1. The molecule has 110 valence electrons. The Kier molecular flexibility index (Phi) is 4.83. The summed E-state index contributed by atoms with van der Waals surface area (Å²) in [7, 11) is 0. The van der Waals surface area contributed by atoms with Gasteiger partial charge in [0.25, 0.3) is 0 Å². The summed E-state index contributed by atoms with van der Waals surface area (Å²) >= 11 is 7.48. The van der Waals surface area contributed by atoms with E-state index in [1.165, 1.54) is 11.8 Å². The van der Waals surface area contributed by atoms with Crippen molar-refractivity contribution < 1.29 is 15.0 Å². The van der Waals surface area contributed by atoms with E-state index in [1.807, 2.05) is 6.07 Å². The van der Waals surface area contributed by atoms with E-state index in [0.717, 1.165) is 4.90 Å². The highest BCUT2D eigenvalue weighted by Gasteiger charge is 2.35. The molecule has 0 amide bonds. The second-order valence-electron chi connectivity index (χ2n) is 5.31. The number of aliphatic carboxylic acids is 1. The number of aliphatic hydroxyl groups is 1. The van der Waals surface area contributed by atoms with Crippen molar-refractivity contribution in [2.75, 3.05) is 11.5 Å². The molecule has 1 aromatic carbocycles. The van der Waals surface area contributed by atoms with E-state index in [2.05, 4.69) is 0 Å². The normalized spacial score (nSPS) is 26.4. The molecule has 0 spiro atoms. The van der Waals surface area contributed by atoms with Crippen LogP contribution in [0.2, 0.25) is 5.02 Å². The predicted octanol–water partition coefficient (Wildman–Crippen LogP) is 3.02. The fourth-order valence-corrected chi connectivity index (χ4v) is 3.70. The lowest BCUT2D eigenvalue weighted by Crippen LogP contribution is -2.38. The van der Waals surface area contributed by atoms with Crippen molar-refractivity contribution in [3.8, 4) is 0 Å². The lowest BCUT2D eigenvalue weighted by atomic mass is 9.80. The molecule has 1 fully saturated rings. The molecule has 6 heteroatoms. The Labute approximate surface area is 127 Å². The number of carbonyl (C=O) groups is 1. The van der Waals surface area contributed by atoms with Gasteiger partial charge in [-0.1, -0.05) is 11.6 Å². The van der Waals surface area contributed by atoms with E-state index in [-0.39, 0.29) is 5.92 Å². The van der Waals surface area contributed by atoms with E-state index in [0.29, 0.717) is 42.1 Å². The molecular weight excluding hydrogens is 298 g/mol. The third-order valence-corrected chi connectivity index (χ3v) is 5.34. The fraction of sp³-hybridized carbons (Fsp3) is 0.500. The molecule has 4 N–H and O–H groups in total. The van der Waals surface area contributed by atoms with Crippen LogP contribution in [-0.2, 0) is 4.79 Å². The van der Waals surface area contributed by atoms with Gasteiger partial charge in [0.05, 0.1) is 22.2 Å². The van der Waals surface area contributed by atoms with Crippen LogP contribution in [0.25, 0.3) is 0 Å². The van der Waals surface area contributed by atoms with Crippen LogP contribution in [0.3, 0.4) is 0 Å². The zero-order valence-corrected chi connectivity index (χ0v) is 12.6. The van der Waals surface area contributed by atoms with Gasteiger partial charge in [0.1, 0.15) is 0 Å². The van der Waals surface area contributed by atoms with Crippen molar-refractivity contribution in [3.63, 3.8) is 0 Å². The molecule has 2 rings (SSSR count). The minimum Gasteiger partial charge on any atom is -0.481 e. The van der Waals surface area contributed by atoms with E-state index in [4.69, 9.17) is 22.4 Å². The SMILES string of the molecule is Nc1ccc(SCC2(O)CCC(C(=O)O)CC2)cc1Cl. The molecule has 0 heterocycles. The smallest absolute Gasteiger partial charge is 0.306 e. The Morgan fingerprint density at radius 1 is 1.45 bits per heavy atom. The van der Waals surface area contributed by atoms with Crippen molar-refractivity contribution >= 4 is 35.0 Å². The number of hydrogen-bond acceptors (Lipinski definition) is 4. The third-order valence-electron chi connectivity index (χ3n) is 3.74. The summed E-state index contributed by atoms with van der Waals surface area (Å²) in [4.78, 5) is 11.9. The summed E-state index contributed by atoms with van der Waals surface area (Å²) in [5.41, 5.74) is 5.40. The molecule has 0 radical (unpaired) electrons. The van der Waals surface area contributed by atoms with Gasteiger partial charge in [-0.2, -0.15) is 0 Å². The van der Waals surface area contributed by atoms with Gasteiger partial charge in [-0.25, -0.2) is 0 Å². The first kappa shape index (κ1) is 15.5. The monoisotopic (exact) mass is 315 g/mol. The number of nitrogen functional groups attached to an aromatic ring is 1. The second-order valence-corrected chi connectivity index (χ2v) is 6.76. The van der Waals surface area contributed by atoms with Gasteiger partial charge >= 0.3 is 5.97 Å². The summed E-state index contributed by atoms with van der Waals surface area (Å²) in [5.74, 6) is -0.532. The Hall–Kier alpha value is -0.910. The quantitative estimate of drug-likeness (QED) is 0.587. The Morgan fingerprint density at radius 2 is 2.10 bits per heavy atom. The maximum Gasteiger partial charge on any atom is 0.306 e. The number of thioether (sulfide) groups is 1. The minimum absolute atomic E-state index is 0.314. The van der Waals surface area contributed by atoms with Crippen LogP contribution in [-0.4, -0.2) is 27.5 Å². The van der Waals surface area contributed by atoms with E-state index in [1.54, 1.807) is 12.1 Å². The van der Waals surface area contributed by atoms with Gasteiger partial charge in [-0.3, -0.25) is 4.79 Å². The van der Waals surface area contributed by atoms with Crippen LogP contribution in [0.1, 0.15) is 25.7 Å². The highest BCUT2D eigenvalue weighted by atomic mass is 35.5. The van der Waals surface area contributed by atoms with Crippen LogP contribution >= 0.6 is 23.4 Å². The maximum absolute atomic E-state index is 10.9. The Morgan fingerprint density at radius 3 is 2.65 bits per heavy atom. The largest absolute Gasteiger partial charge is 0.481 e. The summed E-state index contributed by atoms with van der Waals surface area (Å²) in [6.07, 6.45) is 2.13. The number of benzene rings is 1. The van der Waals surface area contributed by atoms with Gasteiger partial charge < -0.3 is 15.9 Å². The molecule has 0 aliphatic heterocycles. The molecule has 0 atom stereocenters. The number of carboxylic acid groups (broad SMARTS) is 1. The zero-order valence-electron chi connectivity index (χ0n) is 11.0. The molecule has 20 heavy (non-hydrogen) atoms. The zero-order chi connectivity index (χ0) is 14.8. The highest BCUT2D eigenvalue weighted by molar-refractivity contribution is 7.99. The number of halogens is 1. The molecule has 0 bridgehead atoms. The molecule has 1 saturated carbocycles. The summed E-state index contributed by atoms with van der Waals surface area (Å²) in [5, 5.41) is 20.0. The van der Waals surface area contributed by atoms with Crippen molar-refractivity contribution in [1.29, 1.82) is 0 Å². The maximum atomic E-state index is 10.9. The molecule has 1 aliphatic rings. The van der Waals surface area contributed by atoms with Crippen molar-refractivity contribution in [3.05, 3.63) is 23.2 Å². The molecule has 1 aliphatic carbocycles. The average Bonchev–Trinajstić information content (AvgIpc) is 2.41. The Balaban J connectivity index is 1.90. The molecule has 0 aromatic heterocycles. The number of carboxylic acids is 1. The first-order chi connectivity index (χ1) is 9.39. The molecule has 0 unspecified atom stereocenters. The van der Waals surface area contributed by atoms with Gasteiger partial charge in [-0.15, -0.1) is 11.8 Å². The molecule has 0 saturated heterocycles. The van der Waals surface area contributed by atoms with E-state index < -0.39 is 11.6 Å². The fourth-order valence-electron chi connectivity index (χ4n) is 2.36. The molecule has 1 aromatic rings. The van der Waals surface area contributed by atoms with Crippen molar-refractivity contribution in [2.24, 2.45) is 5.92 Å². The van der Waals surface area contributed by atoms with Crippen molar-refractivity contribution in [2.45, 2.75) is 36.2 Å². The van der Waals surface area contributed by atoms with Crippen molar-refractivity contribution in [1.82, 2.24) is 0 Å². The first-order valence-electron chi connectivity index (χ1n) is 6.53. The summed E-state index contributed by atoms with van der Waals surface area (Å²) in [6.45, 7) is 0. The summed E-state index contributed by atoms with van der Waals surface area (Å²) in [6, 6.07) is 5.40. The van der Waals surface area contributed by atoms with Gasteiger partial charge in [0, 0.05) is 10.6 Å². The van der Waals surface area contributed by atoms with Crippen LogP contribution in [0.4, 0.5) is 5.69 Å². The number of rotatable bonds is 4. The van der Waals surface area contributed by atoms with Gasteiger partial charge in [-0.05, 0) is 43.9 Å². The third kappa shape index (κ3) is 3.81. The molecular formula is C14H18ClNO3S. The predicted molar refractivity (Wildman–Crippen MR) is 81.1 cm³/mol. The molecule has 4 nitrogen and oxygen atoms in total. The number of nitrogens with two attached hydrogens (primary N) is 1. The van der Waals surface area contributed by atoms with Gasteiger partial charge in [0.15, 0.2) is 0 Å². The van der Waals surface area contributed by atoms with Crippen LogP contribution in [0.5, 0.6) is 0 Å². The second kappa shape index (κ2) is 6.24. The number of hydrogen-bond donors (Lipinski definition) is 3. The Bertz CT molecular complexity index is 501. The van der Waals surface area contributed by atoms with Crippen LogP contribution in [0.15, 0.2) is 23.1 Å². The minimum atomic E-state index is -0.787. The van der Waals surface area contributed by atoms with Gasteiger partial charge in [0.2, 0.25) is 0 Å². The average molecular weight is 316 g/mol. The van der Waals surface area contributed by atoms with Crippen LogP contribution in [0, 0.1) is 5.92 Å². The topological polar surface area (TPSA) is 83.5 Å². The lowest BCUT2D eigenvalue weighted by Gasteiger charge is -2.34. The first-order valence-corrected chi connectivity index (χ1v) is 7.89.